The molecule has 0 saturated carbocycles. The molecule has 108 valence electrons. The van der Waals surface area contributed by atoms with Crippen LogP contribution in [0.4, 0.5) is 4.39 Å². The highest BCUT2D eigenvalue weighted by Gasteiger charge is 2.12. The number of furan rings is 1. The minimum Gasteiger partial charge on any atom is -0.461 e. The molecule has 0 aliphatic carbocycles. The zero-order chi connectivity index (χ0) is 15.7. The lowest BCUT2D eigenvalue weighted by Crippen LogP contribution is -2.12. The van der Waals surface area contributed by atoms with Gasteiger partial charge < -0.3 is 9.40 Å². The van der Waals surface area contributed by atoms with Crippen LogP contribution in [-0.4, -0.2) is 4.98 Å². The van der Waals surface area contributed by atoms with E-state index in [-0.39, 0.29) is 11.3 Å². The van der Waals surface area contributed by atoms with Crippen molar-refractivity contribution in [1.29, 1.82) is 5.41 Å². The number of aryl methyl sites for hydroxylation is 1. The second kappa shape index (κ2) is 5.38. The van der Waals surface area contributed by atoms with Crippen LogP contribution < -0.4 is 5.49 Å². The fourth-order valence-electron chi connectivity index (χ4n) is 2.29. The SMILES string of the molecule is C#Cc1c(-c2ccc(C)o2)cc(-c2ccc(F)cc2)[nH]c1=N. The van der Waals surface area contributed by atoms with Crippen LogP contribution in [0.15, 0.2) is 46.9 Å². The number of pyridine rings is 1. The minimum atomic E-state index is -0.308. The van der Waals surface area contributed by atoms with Gasteiger partial charge in [-0.05, 0) is 55.0 Å². The smallest absolute Gasteiger partial charge is 0.139 e. The van der Waals surface area contributed by atoms with Gasteiger partial charge in [0.25, 0.3) is 0 Å². The summed E-state index contributed by atoms with van der Waals surface area (Å²) >= 11 is 0. The maximum absolute atomic E-state index is 13.1. The summed E-state index contributed by atoms with van der Waals surface area (Å²) in [5, 5.41) is 8.09. The van der Waals surface area contributed by atoms with Gasteiger partial charge in [0.2, 0.25) is 0 Å². The molecule has 0 fully saturated rings. The summed E-state index contributed by atoms with van der Waals surface area (Å²) in [6.45, 7) is 1.84. The van der Waals surface area contributed by atoms with Crippen molar-refractivity contribution in [3.63, 3.8) is 0 Å². The topological polar surface area (TPSA) is 52.8 Å². The highest BCUT2D eigenvalue weighted by molar-refractivity contribution is 5.72. The van der Waals surface area contributed by atoms with E-state index in [1.54, 1.807) is 12.1 Å². The first kappa shape index (κ1) is 13.9. The Morgan fingerprint density at radius 2 is 1.91 bits per heavy atom. The number of hydrogen-bond donors (Lipinski definition) is 2. The normalized spacial score (nSPS) is 10.4. The largest absolute Gasteiger partial charge is 0.461 e. The summed E-state index contributed by atoms with van der Waals surface area (Å²) in [4.78, 5) is 2.94. The quantitative estimate of drug-likeness (QED) is 0.693. The summed E-state index contributed by atoms with van der Waals surface area (Å²) in [7, 11) is 0. The number of rotatable bonds is 2. The maximum Gasteiger partial charge on any atom is 0.139 e. The van der Waals surface area contributed by atoms with Gasteiger partial charge in [-0.1, -0.05) is 5.92 Å². The minimum absolute atomic E-state index is 0.119. The van der Waals surface area contributed by atoms with Crippen molar-refractivity contribution >= 4 is 0 Å². The first-order valence-electron chi connectivity index (χ1n) is 6.70. The van der Waals surface area contributed by atoms with Crippen LogP contribution >= 0.6 is 0 Å². The molecule has 0 amide bonds. The van der Waals surface area contributed by atoms with Crippen LogP contribution in [0.3, 0.4) is 0 Å². The molecule has 2 N–H and O–H groups in total. The van der Waals surface area contributed by atoms with E-state index in [0.29, 0.717) is 22.6 Å². The zero-order valence-electron chi connectivity index (χ0n) is 11.9. The van der Waals surface area contributed by atoms with E-state index >= 15 is 0 Å². The Bertz CT molecular complexity index is 927. The molecule has 3 nitrogen and oxygen atoms in total. The number of nitrogens with one attached hydrogen (secondary N) is 2. The Kier molecular flexibility index (Phi) is 3.40. The number of halogens is 1. The van der Waals surface area contributed by atoms with Crippen molar-refractivity contribution in [3.8, 4) is 34.9 Å². The van der Waals surface area contributed by atoms with E-state index in [1.807, 2.05) is 25.1 Å². The van der Waals surface area contributed by atoms with Crippen molar-refractivity contribution < 1.29 is 8.81 Å². The third-order valence-corrected chi connectivity index (χ3v) is 3.37. The Morgan fingerprint density at radius 3 is 2.50 bits per heavy atom. The number of hydrogen-bond acceptors (Lipinski definition) is 2. The fraction of sp³-hybridized carbons (Fsp3) is 0.0556. The first-order chi connectivity index (χ1) is 10.6. The Morgan fingerprint density at radius 1 is 1.18 bits per heavy atom. The molecular formula is C18H13FN2O. The van der Waals surface area contributed by atoms with E-state index < -0.39 is 0 Å². The van der Waals surface area contributed by atoms with E-state index in [4.69, 9.17) is 16.2 Å². The summed E-state index contributed by atoms with van der Waals surface area (Å²) < 4.78 is 18.7. The third-order valence-electron chi connectivity index (χ3n) is 3.37. The predicted octanol–water partition coefficient (Wildman–Crippen LogP) is 3.85. The van der Waals surface area contributed by atoms with Gasteiger partial charge in [0.1, 0.15) is 22.8 Å². The van der Waals surface area contributed by atoms with Gasteiger partial charge in [-0.3, -0.25) is 5.41 Å². The van der Waals surface area contributed by atoms with E-state index in [9.17, 15) is 4.39 Å². The van der Waals surface area contributed by atoms with Gasteiger partial charge >= 0.3 is 0 Å². The van der Waals surface area contributed by atoms with Gasteiger partial charge in [0.15, 0.2) is 0 Å². The molecule has 3 aromatic rings. The molecule has 0 aliphatic rings. The van der Waals surface area contributed by atoms with Gasteiger partial charge in [0, 0.05) is 11.3 Å². The molecule has 0 bridgehead atoms. The second-order valence-corrected chi connectivity index (χ2v) is 4.91. The van der Waals surface area contributed by atoms with Crippen LogP contribution in [0.5, 0.6) is 0 Å². The summed E-state index contributed by atoms with van der Waals surface area (Å²) in [6.07, 6.45) is 5.52. The highest BCUT2D eigenvalue weighted by atomic mass is 19.1. The average molecular weight is 292 g/mol. The lowest BCUT2D eigenvalue weighted by Gasteiger charge is -2.08. The first-order valence-corrected chi connectivity index (χ1v) is 6.70. The fourth-order valence-corrected chi connectivity index (χ4v) is 2.29. The van der Waals surface area contributed by atoms with Gasteiger partial charge in [-0.2, -0.15) is 0 Å². The summed E-state index contributed by atoms with van der Waals surface area (Å²) in [5.74, 6) is 3.58. The van der Waals surface area contributed by atoms with Gasteiger partial charge in [-0.25, -0.2) is 4.39 Å². The lowest BCUT2D eigenvalue weighted by molar-refractivity contribution is 0.548. The van der Waals surface area contributed by atoms with Gasteiger partial charge in [0.05, 0.1) is 5.56 Å². The maximum atomic E-state index is 13.1. The Balaban J connectivity index is 2.23. The Hall–Kier alpha value is -3.06. The van der Waals surface area contributed by atoms with E-state index in [1.165, 1.54) is 12.1 Å². The zero-order valence-corrected chi connectivity index (χ0v) is 11.9. The highest BCUT2D eigenvalue weighted by Crippen LogP contribution is 2.27. The van der Waals surface area contributed by atoms with E-state index in [0.717, 1.165) is 11.3 Å². The number of aromatic amines is 1. The number of H-pyrrole nitrogens is 1. The molecule has 22 heavy (non-hydrogen) atoms. The molecule has 0 spiro atoms. The molecule has 0 radical (unpaired) electrons. The van der Waals surface area contributed by atoms with E-state index in [2.05, 4.69) is 10.9 Å². The van der Waals surface area contributed by atoms with Crippen molar-refractivity contribution in [3.05, 3.63) is 65.1 Å². The number of terminal acetylenes is 1. The predicted molar refractivity (Wildman–Crippen MR) is 82.4 cm³/mol. The van der Waals surface area contributed by atoms with Crippen LogP contribution in [-0.2, 0) is 0 Å². The molecule has 0 aliphatic heterocycles. The van der Waals surface area contributed by atoms with Gasteiger partial charge in [-0.15, -0.1) is 6.42 Å². The summed E-state index contributed by atoms with van der Waals surface area (Å²) in [5.41, 5.74) is 2.66. The average Bonchev–Trinajstić information content (AvgIpc) is 2.93. The van der Waals surface area contributed by atoms with Crippen molar-refractivity contribution in [2.45, 2.75) is 6.92 Å². The molecule has 2 heterocycles. The standard InChI is InChI=1S/C18H13FN2O/c1-3-14-15(17-9-4-11(2)22-17)10-16(21-18(14)20)12-5-7-13(19)8-6-12/h1,4-10H,2H3,(H2,20,21). The second-order valence-electron chi connectivity index (χ2n) is 4.91. The third kappa shape index (κ3) is 2.45. The molecule has 1 aromatic carbocycles. The molecule has 4 heteroatoms. The molecule has 2 aromatic heterocycles. The van der Waals surface area contributed by atoms with Crippen molar-refractivity contribution in [2.75, 3.05) is 0 Å². The monoisotopic (exact) mass is 292 g/mol. The molecule has 3 rings (SSSR count). The molecule has 0 unspecified atom stereocenters. The Labute approximate surface area is 127 Å². The van der Waals surface area contributed by atoms with Crippen LogP contribution in [0.1, 0.15) is 11.3 Å². The molecule has 0 saturated heterocycles. The molecule has 0 atom stereocenters. The number of aromatic nitrogens is 1. The number of benzene rings is 1. The lowest BCUT2D eigenvalue weighted by atomic mass is 10.0. The van der Waals surface area contributed by atoms with Crippen LogP contribution in [0.2, 0.25) is 0 Å². The van der Waals surface area contributed by atoms with Crippen molar-refractivity contribution in [1.82, 2.24) is 4.98 Å². The molecular weight excluding hydrogens is 279 g/mol. The summed E-state index contributed by atoms with van der Waals surface area (Å²) in [6, 6.07) is 11.5. The van der Waals surface area contributed by atoms with Crippen LogP contribution in [0.25, 0.3) is 22.6 Å². The van der Waals surface area contributed by atoms with Crippen molar-refractivity contribution in [2.24, 2.45) is 0 Å². The van der Waals surface area contributed by atoms with Crippen LogP contribution in [0, 0.1) is 30.5 Å².